The van der Waals surface area contributed by atoms with Crippen molar-refractivity contribution in [3.63, 3.8) is 0 Å². The Morgan fingerprint density at radius 2 is 1.83 bits per heavy atom. The maximum atomic E-state index is 12.8. The Labute approximate surface area is 134 Å². The smallest absolute Gasteiger partial charge is 0.229 e. The molecule has 2 amide bonds. The molecule has 5 heteroatoms. The average molecular weight is 313 g/mol. The Kier molecular flexibility index (Phi) is 3.88. The lowest BCUT2D eigenvalue weighted by molar-refractivity contribution is -0.138. The van der Waals surface area contributed by atoms with Crippen LogP contribution in [0.5, 0.6) is 0 Å². The van der Waals surface area contributed by atoms with Crippen LogP contribution in [0.15, 0.2) is 18.2 Å². The second kappa shape index (κ2) is 5.72. The molecule has 0 bridgehead atoms. The van der Waals surface area contributed by atoms with E-state index in [4.69, 9.17) is 0 Å². The van der Waals surface area contributed by atoms with E-state index >= 15 is 0 Å². The van der Waals surface area contributed by atoms with E-state index in [1.807, 2.05) is 19.9 Å². The van der Waals surface area contributed by atoms with Crippen molar-refractivity contribution in [1.82, 2.24) is 5.32 Å². The summed E-state index contributed by atoms with van der Waals surface area (Å²) < 4.78 is 0. The van der Waals surface area contributed by atoms with Crippen molar-refractivity contribution >= 4 is 23.4 Å². The summed E-state index contributed by atoms with van der Waals surface area (Å²) in [6.07, 6.45) is 0.851. The highest BCUT2D eigenvalue weighted by Gasteiger charge is 2.42. The molecule has 1 saturated heterocycles. The monoisotopic (exact) mass is 313 g/mol. The van der Waals surface area contributed by atoms with Gasteiger partial charge in [-0.15, -0.1) is 0 Å². The van der Waals surface area contributed by atoms with Crippen molar-refractivity contribution in [2.45, 2.75) is 33.1 Å². The lowest BCUT2D eigenvalue weighted by Crippen LogP contribution is -2.46. The predicted octanol–water partition coefficient (Wildman–Crippen LogP) is 2.07. The summed E-state index contributed by atoms with van der Waals surface area (Å²) >= 11 is 0. The molecular formula is C18H19NO4. The number of hydrogen-bond acceptors (Lipinski definition) is 4. The number of aryl methyl sites for hydroxylation is 1. The van der Waals surface area contributed by atoms with Crippen LogP contribution in [-0.2, 0) is 9.59 Å². The van der Waals surface area contributed by atoms with Crippen molar-refractivity contribution in [1.29, 1.82) is 0 Å². The molecule has 1 aromatic carbocycles. The molecule has 1 aromatic rings. The summed E-state index contributed by atoms with van der Waals surface area (Å²) in [5.74, 6) is -1.89. The van der Waals surface area contributed by atoms with Crippen LogP contribution in [-0.4, -0.2) is 23.4 Å². The first-order valence-electron chi connectivity index (χ1n) is 7.90. The molecule has 0 aromatic heterocycles. The molecule has 1 N–H and O–H groups in total. The lowest BCUT2D eigenvalue weighted by Gasteiger charge is -2.33. The molecule has 0 spiro atoms. The van der Waals surface area contributed by atoms with Crippen LogP contribution in [0.1, 0.15) is 52.5 Å². The number of imide groups is 1. The Morgan fingerprint density at radius 1 is 1.09 bits per heavy atom. The lowest BCUT2D eigenvalue weighted by atomic mass is 9.70. The summed E-state index contributed by atoms with van der Waals surface area (Å²) in [5, 5.41) is 2.33. The fourth-order valence-electron chi connectivity index (χ4n) is 3.62. The maximum Gasteiger partial charge on any atom is 0.229 e. The molecule has 3 rings (SSSR count). The van der Waals surface area contributed by atoms with Gasteiger partial charge in [0.1, 0.15) is 0 Å². The first-order valence-corrected chi connectivity index (χ1v) is 7.90. The zero-order valence-corrected chi connectivity index (χ0v) is 13.2. The molecule has 1 heterocycles. The first kappa shape index (κ1) is 15.6. The molecule has 1 fully saturated rings. The molecule has 1 aliphatic carbocycles. The van der Waals surface area contributed by atoms with Gasteiger partial charge in [0, 0.05) is 35.8 Å². The zero-order chi connectivity index (χ0) is 16.7. The Bertz CT molecular complexity index is 722. The van der Waals surface area contributed by atoms with Gasteiger partial charge in [-0.3, -0.25) is 24.5 Å². The van der Waals surface area contributed by atoms with Crippen LogP contribution in [0.3, 0.4) is 0 Å². The number of hydrogen-bond donors (Lipinski definition) is 1. The molecule has 3 unspecified atom stereocenters. The summed E-state index contributed by atoms with van der Waals surface area (Å²) in [6.45, 7) is 3.71. The summed E-state index contributed by atoms with van der Waals surface area (Å²) in [4.78, 5) is 48.5. The third kappa shape index (κ3) is 2.71. The molecule has 5 nitrogen and oxygen atoms in total. The summed E-state index contributed by atoms with van der Waals surface area (Å²) in [7, 11) is 0. The van der Waals surface area contributed by atoms with Crippen LogP contribution in [0.4, 0.5) is 0 Å². The predicted molar refractivity (Wildman–Crippen MR) is 83.0 cm³/mol. The number of fused-ring (bicyclic) bond motifs is 1. The minimum atomic E-state index is -0.499. The van der Waals surface area contributed by atoms with E-state index in [1.54, 1.807) is 12.1 Å². The molecule has 1 aliphatic heterocycles. The molecule has 0 radical (unpaired) electrons. The van der Waals surface area contributed by atoms with E-state index in [-0.39, 0.29) is 42.1 Å². The van der Waals surface area contributed by atoms with Crippen molar-refractivity contribution in [3.8, 4) is 0 Å². The van der Waals surface area contributed by atoms with E-state index in [0.717, 1.165) is 5.56 Å². The third-order valence-electron chi connectivity index (χ3n) is 5.03. The Morgan fingerprint density at radius 3 is 2.52 bits per heavy atom. The molecule has 120 valence electrons. The van der Waals surface area contributed by atoms with Crippen LogP contribution in [0, 0.1) is 24.7 Å². The molecule has 3 atom stereocenters. The number of piperidine rings is 1. The number of carbonyl (C=O) groups is 4. The van der Waals surface area contributed by atoms with Gasteiger partial charge in [0.05, 0.1) is 0 Å². The van der Waals surface area contributed by atoms with Crippen molar-refractivity contribution in [2.75, 3.05) is 0 Å². The van der Waals surface area contributed by atoms with Crippen molar-refractivity contribution in [3.05, 3.63) is 34.9 Å². The van der Waals surface area contributed by atoms with Gasteiger partial charge in [-0.05, 0) is 25.3 Å². The first-order chi connectivity index (χ1) is 10.9. The Hall–Kier alpha value is -2.30. The number of rotatable bonds is 2. The van der Waals surface area contributed by atoms with Gasteiger partial charge in [-0.1, -0.05) is 24.6 Å². The van der Waals surface area contributed by atoms with Gasteiger partial charge >= 0.3 is 0 Å². The number of nitrogens with one attached hydrogen (secondary N) is 1. The van der Waals surface area contributed by atoms with E-state index in [2.05, 4.69) is 5.32 Å². The average Bonchev–Trinajstić information content (AvgIpc) is 2.50. The van der Waals surface area contributed by atoms with Crippen LogP contribution in [0.2, 0.25) is 0 Å². The van der Waals surface area contributed by atoms with E-state index in [0.29, 0.717) is 17.5 Å². The highest BCUT2D eigenvalue weighted by atomic mass is 16.2. The van der Waals surface area contributed by atoms with Gasteiger partial charge in [0.25, 0.3) is 0 Å². The van der Waals surface area contributed by atoms with E-state index in [1.165, 1.54) is 0 Å². The number of Topliss-reactive ketones (excluding diaryl/α,β-unsaturated/α-hetero) is 2. The quantitative estimate of drug-likeness (QED) is 0.848. The van der Waals surface area contributed by atoms with E-state index < -0.39 is 11.8 Å². The Balaban J connectivity index is 1.89. The maximum absolute atomic E-state index is 12.8. The van der Waals surface area contributed by atoms with Crippen LogP contribution in [0.25, 0.3) is 0 Å². The summed E-state index contributed by atoms with van der Waals surface area (Å²) in [5.41, 5.74) is 1.87. The second-order valence-electron chi connectivity index (χ2n) is 6.56. The topological polar surface area (TPSA) is 80.3 Å². The zero-order valence-electron chi connectivity index (χ0n) is 13.2. The minimum absolute atomic E-state index is 0.0521. The number of ketones is 2. The normalized spacial score (nSPS) is 25.8. The fourth-order valence-corrected chi connectivity index (χ4v) is 3.62. The van der Waals surface area contributed by atoms with Gasteiger partial charge in [-0.25, -0.2) is 0 Å². The molecule has 0 saturated carbocycles. The van der Waals surface area contributed by atoms with Crippen LogP contribution < -0.4 is 5.32 Å². The van der Waals surface area contributed by atoms with Crippen molar-refractivity contribution in [2.24, 2.45) is 17.8 Å². The van der Waals surface area contributed by atoms with Crippen LogP contribution >= 0.6 is 0 Å². The molecule has 2 aliphatic rings. The fraction of sp³-hybridized carbons (Fsp3) is 0.444. The molecular weight excluding hydrogens is 294 g/mol. The van der Waals surface area contributed by atoms with Gasteiger partial charge < -0.3 is 0 Å². The summed E-state index contributed by atoms with van der Waals surface area (Å²) in [6, 6.07) is 5.28. The van der Waals surface area contributed by atoms with E-state index in [9.17, 15) is 19.2 Å². The third-order valence-corrected chi connectivity index (χ3v) is 5.03. The number of carbonyl (C=O) groups excluding carboxylic acids is 4. The minimum Gasteiger partial charge on any atom is -0.296 e. The SMILES string of the molecule is Cc1ccc2c(c1)C(=O)C(C(C)C1CCC(=O)NC1=O)CC2=O. The highest BCUT2D eigenvalue weighted by molar-refractivity contribution is 6.15. The molecule has 23 heavy (non-hydrogen) atoms. The van der Waals surface area contributed by atoms with Gasteiger partial charge in [-0.2, -0.15) is 0 Å². The highest BCUT2D eigenvalue weighted by Crippen LogP contribution is 2.36. The van der Waals surface area contributed by atoms with Gasteiger partial charge in [0.2, 0.25) is 11.8 Å². The largest absolute Gasteiger partial charge is 0.296 e. The number of benzene rings is 1. The second-order valence-corrected chi connectivity index (χ2v) is 6.56. The standard InChI is InChI=1S/C18H19NO4/c1-9-3-4-12-14(7-9)17(22)13(8-15(12)20)10(2)11-5-6-16(21)19-18(11)23/h3-4,7,10-11,13H,5-6,8H2,1-2H3,(H,19,21,23). The van der Waals surface area contributed by atoms with Gasteiger partial charge in [0.15, 0.2) is 11.6 Å². The van der Waals surface area contributed by atoms with Crippen molar-refractivity contribution < 1.29 is 19.2 Å². The number of amides is 2.